The van der Waals surface area contributed by atoms with E-state index in [9.17, 15) is 14.7 Å². The Labute approximate surface area is 232 Å². The fraction of sp³-hybridized carbons (Fsp3) is 0.148. The van der Waals surface area contributed by atoms with Gasteiger partial charge in [-0.2, -0.15) is 5.10 Å². The van der Waals surface area contributed by atoms with Crippen molar-refractivity contribution in [3.8, 4) is 11.5 Å². The lowest BCUT2D eigenvalue weighted by Crippen LogP contribution is -2.32. The number of amides is 2. The van der Waals surface area contributed by atoms with E-state index < -0.39 is 11.8 Å². The van der Waals surface area contributed by atoms with Crippen molar-refractivity contribution >= 4 is 61.7 Å². The minimum atomic E-state index is -0.615. The average molecular weight is 630 g/mol. The van der Waals surface area contributed by atoms with Crippen LogP contribution in [0.5, 0.6) is 11.5 Å². The molecule has 3 N–H and O–H groups in total. The number of rotatable bonds is 9. The van der Waals surface area contributed by atoms with Crippen molar-refractivity contribution in [2.45, 2.75) is 6.92 Å². The monoisotopic (exact) mass is 628 g/mol. The third-order valence-electron chi connectivity index (χ3n) is 5.09. The van der Waals surface area contributed by atoms with Gasteiger partial charge in [-0.1, -0.05) is 30.3 Å². The minimum absolute atomic E-state index is 0.0181. The molecule has 2 amide bonds. The second-order valence-corrected chi connectivity index (χ2v) is 9.52. The highest BCUT2D eigenvalue weighted by Gasteiger charge is 2.16. The number of benzene rings is 3. The van der Waals surface area contributed by atoms with Crippen LogP contribution in [0.2, 0.25) is 0 Å². The van der Waals surface area contributed by atoms with Gasteiger partial charge in [0.05, 0.1) is 17.3 Å². The predicted octanol–water partition coefficient (Wildman–Crippen LogP) is 5.30. The van der Waals surface area contributed by atoms with Crippen LogP contribution in [0, 0.1) is 0 Å². The molecular formula is C27H26Br2N4O4. The maximum Gasteiger partial charge on any atom is 0.287 e. The summed E-state index contributed by atoms with van der Waals surface area (Å²) in [5, 5.41) is 16.9. The lowest BCUT2D eigenvalue weighted by atomic mass is 10.1. The van der Waals surface area contributed by atoms with E-state index in [0.29, 0.717) is 26.7 Å². The fourth-order valence-electron chi connectivity index (χ4n) is 3.17. The zero-order valence-electron chi connectivity index (χ0n) is 20.5. The van der Waals surface area contributed by atoms with Gasteiger partial charge >= 0.3 is 0 Å². The van der Waals surface area contributed by atoms with Crippen LogP contribution >= 0.6 is 31.9 Å². The van der Waals surface area contributed by atoms with Crippen molar-refractivity contribution < 1.29 is 19.4 Å². The van der Waals surface area contributed by atoms with Crippen molar-refractivity contribution in [2.24, 2.45) is 5.10 Å². The summed E-state index contributed by atoms with van der Waals surface area (Å²) in [4.78, 5) is 27.8. The maximum atomic E-state index is 13.1. The first-order valence-corrected chi connectivity index (χ1v) is 12.8. The molecule has 0 aromatic heterocycles. The van der Waals surface area contributed by atoms with Crippen molar-refractivity contribution in [1.82, 2.24) is 10.7 Å². The van der Waals surface area contributed by atoms with Crippen LogP contribution < -0.4 is 20.4 Å². The van der Waals surface area contributed by atoms with Crippen LogP contribution in [0.4, 0.5) is 5.69 Å². The Bertz CT molecular complexity index is 1320. The molecule has 0 aliphatic carbocycles. The number of ether oxygens (including phenoxy) is 1. The van der Waals surface area contributed by atoms with Crippen molar-refractivity contribution in [3.05, 3.63) is 92.0 Å². The molecule has 37 heavy (non-hydrogen) atoms. The number of phenolic OH excluding ortho intramolecular Hbond substituents is 1. The van der Waals surface area contributed by atoms with Gasteiger partial charge in [0.15, 0.2) is 11.5 Å². The van der Waals surface area contributed by atoms with Gasteiger partial charge in [-0.05, 0) is 80.8 Å². The Balaban J connectivity index is 1.86. The van der Waals surface area contributed by atoms with Gasteiger partial charge in [0, 0.05) is 35.4 Å². The zero-order chi connectivity index (χ0) is 26.9. The summed E-state index contributed by atoms with van der Waals surface area (Å²) in [5.74, 6) is -0.829. The molecule has 0 bridgehead atoms. The van der Waals surface area contributed by atoms with Gasteiger partial charge in [0.2, 0.25) is 0 Å². The molecule has 0 aliphatic rings. The first-order valence-electron chi connectivity index (χ1n) is 11.2. The number of aromatic hydroxyl groups is 1. The highest BCUT2D eigenvalue weighted by atomic mass is 79.9. The molecule has 3 aromatic carbocycles. The molecule has 192 valence electrons. The largest absolute Gasteiger partial charge is 0.503 e. The van der Waals surface area contributed by atoms with Crippen LogP contribution in [-0.4, -0.2) is 43.8 Å². The smallest absolute Gasteiger partial charge is 0.287 e. The number of hydrazone groups is 1. The number of hydrogen-bond acceptors (Lipinski definition) is 6. The van der Waals surface area contributed by atoms with Gasteiger partial charge in [-0.25, -0.2) is 5.43 Å². The van der Waals surface area contributed by atoms with E-state index in [2.05, 4.69) is 47.7 Å². The third-order valence-corrected chi connectivity index (χ3v) is 7.25. The molecule has 0 saturated carbocycles. The second-order valence-electron chi connectivity index (χ2n) is 7.94. The molecule has 0 radical (unpaired) electrons. The molecule has 0 spiro atoms. The number of nitrogens with zero attached hydrogens (tertiary/aromatic N) is 2. The highest BCUT2D eigenvalue weighted by molar-refractivity contribution is 9.13. The number of nitrogens with one attached hydrogen (secondary N) is 2. The first kappa shape index (κ1) is 27.9. The molecule has 0 aliphatic heterocycles. The van der Waals surface area contributed by atoms with Crippen LogP contribution in [0.25, 0.3) is 6.08 Å². The van der Waals surface area contributed by atoms with E-state index in [0.717, 1.165) is 11.3 Å². The average Bonchev–Trinajstić information content (AvgIpc) is 2.90. The molecule has 3 rings (SSSR count). The van der Waals surface area contributed by atoms with Crippen molar-refractivity contribution in [1.29, 1.82) is 0 Å². The fourth-order valence-corrected chi connectivity index (χ4v) is 4.00. The van der Waals surface area contributed by atoms with E-state index in [1.165, 1.54) is 6.21 Å². The summed E-state index contributed by atoms with van der Waals surface area (Å²) in [6, 6.07) is 17.7. The van der Waals surface area contributed by atoms with Crippen molar-refractivity contribution in [2.75, 3.05) is 25.6 Å². The van der Waals surface area contributed by atoms with Crippen LogP contribution in [-0.2, 0) is 4.79 Å². The summed E-state index contributed by atoms with van der Waals surface area (Å²) in [6.07, 6.45) is 2.97. The number of halogens is 2. The quantitative estimate of drug-likeness (QED) is 0.169. The Morgan fingerprint density at radius 1 is 1.05 bits per heavy atom. The van der Waals surface area contributed by atoms with E-state index in [1.807, 2.05) is 43.3 Å². The zero-order valence-corrected chi connectivity index (χ0v) is 23.6. The molecule has 10 heteroatoms. The molecule has 3 aromatic rings. The third kappa shape index (κ3) is 7.43. The number of anilines is 1. The Morgan fingerprint density at radius 3 is 2.35 bits per heavy atom. The molecular weight excluding hydrogens is 604 g/mol. The number of carbonyl (C=O) groups excluding carboxylic acids is 2. The Hall–Kier alpha value is -3.63. The number of hydrogen-bond donors (Lipinski definition) is 3. The van der Waals surface area contributed by atoms with Gasteiger partial charge in [-0.3, -0.25) is 9.59 Å². The first-order chi connectivity index (χ1) is 17.7. The summed E-state index contributed by atoms with van der Waals surface area (Å²) in [6.45, 7) is 2.16. The summed E-state index contributed by atoms with van der Waals surface area (Å²) < 4.78 is 6.36. The summed E-state index contributed by atoms with van der Waals surface area (Å²) in [7, 11) is 3.87. The van der Waals surface area contributed by atoms with E-state index in [-0.39, 0.29) is 17.2 Å². The lowest BCUT2D eigenvalue weighted by molar-refractivity contribution is -0.117. The van der Waals surface area contributed by atoms with Crippen molar-refractivity contribution in [3.63, 3.8) is 0 Å². The predicted molar refractivity (Wildman–Crippen MR) is 153 cm³/mol. The van der Waals surface area contributed by atoms with Gasteiger partial charge in [-0.15, -0.1) is 0 Å². The summed E-state index contributed by atoms with van der Waals surface area (Å²) in [5.41, 5.74) is 5.15. The van der Waals surface area contributed by atoms with E-state index in [4.69, 9.17) is 4.74 Å². The van der Waals surface area contributed by atoms with Gasteiger partial charge in [0.1, 0.15) is 5.70 Å². The lowest BCUT2D eigenvalue weighted by Gasteiger charge is -2.13. The molecule has 0 atom stereocenters. The topological polar surface area (TPSA) is 103 Å². The maximum absolute atomic E-state index is 13.1. The van der Waals surface area contributed by atoms with E-state index >= 15 is 0 Å². The Kier molecular flexibility index (Phi) is 9.87. The highest BCUT2D eigenvalue weighted by Crippen LogP contribution is 2.41. The summed E-state index contributed by atoms with van der Waals surface area (Å²) >= 11 is 6.70. The molecule has 0 fully saturated rings. The number of carbonyl (C=O) groups is 2. The SMILES string of the molecule is CCOc1cc(/C=N\NC(=O)/C(=C/c2ccc(N(C)C)cc2)NC(=O)c2ccccc2)c(Br)c(Br)c1O. The minimum Gasteiger partial charge on any atom is -0.503 e. The Morgan fingerprint density at radius 2 is 1.73 bits per heavy atom. The standard InChI is InChI=1S/C27H26Br2N4O4/c1-4-37-22-15-19(23(28)24(29)25(22)34)16-30-32-27(36)21(31-26(35)18-8-6-5-7-9-18)14-17-10-12-20(13-11-17)33(2)3/h5-16,34H,4H2,1-3H3,(H,31,35)(H,32,36)/b21-14-,30-16-. The molecule has 0 heterocycles. The van der Waals surface area contributed by atoms with Gasteiger partial charge in [0.25, 0.3) is 11.8 Å². The van der Waals surface area contributed by atoms with Crippen LogP contribution in [0.3, 0.4) is 0 Å². The van der Waals surface area contributed by atoms with E-state index in [1.54, 1.807) is 49.4 Å². The normalized spacial score (nSPS) is 11.3. The molecule has 0 unspecified atom stereocenters. The van der Waals surface area contributed by atoms with Gasteiger partial charge < -0.3 is 20.1 Å². The number of phenols is 1. The van der Waals surface area contributed by atoms with Crippen LogP contribution in [0.15, 0.2) is 80.4 Å². The molecule has 8 nitrogen and oxygen atoms in total. The second kappa shape index (κ2) is 13.1. The van der Waals surface area contributed by atoms with Crippen LogP contribution in [0.1, 0.15) is 28.4 Å². The molecule has 0 saturated heterocycles.